The molecular formula is C20H20Cl2N2O4S. The Morgan fingerprint density at radius 1 is 1.10 bits per heavy atom. The van der Waals surface area contributed by atoms with Crippen LogP contribution in [0.3, 0.4) is 0 Å². The molecule has 6 nitrogen and oxygen atoms in total. The first-order chi connectivity index (χ1) is 13.9. The largest absolute Gasteiger partial charge is 0.394 e. The van der Waals surface area contributed by atoms with E-state index in [-0.39, 0.29) is 0 Å². The molecule has 0 aliphatic carbocycles. The molecular weight excluding hydrogens is 435 g/mol. The van der Waals surface area contributed by atoms with E-state index in [2.05, 4.69) is 17.1 Å². The van der Waals surface area contributed by atoms with Crippen LogP contribution in [0.2, 0.25) is 10.0 Å². The van der Waals surface area contributed by atoms with E-state index in [0.717, 1.165) is 5.56 Å². The van der Waals surface area contributed by atoms with Gasteiger partial charge >= 0.3 is 0 Å². The molecule has 2 aromatic carbocycles. The number of aliphatic hydroxyl groups excluding tert-OH is 3. The maximum atomic E-state index is 10.6. The lowest BCUT2D eigenvalue weighted by atomic mass is 10.1. The molecule has 1 aliphatic heterocycles. The molecule has 2 heterocycles. The summed E-state index contributed by atoms with van der Waals surface area (Å²) in [6, 6.07) is 11.5. The molecule has 0 amide bonds. The van der Waals surface area contributed by atoms with E-state index in [1.807, 2.05) is 19.1 Å². The van der Waals surface area contributed by atoms with Gasteiger partial charge in [0.2, 0.25) is 0 Å². The molecule has 0 spiro atoms. The molecule has 0 unspecified atom stereocenters. The van der Waals surface area contributed by atoms with Gasteiger partial charge in [-0.3, -0.25) is 4.57 Å². The van der Waals surface area contributed by atoms with Crippen molar-refractivity contribution in [3.05, 3.63) is 57.6 Å². The van der Waals surface area contributed by atoms with Crippen LogP contribution in [0, 0.1) is 6.92 Å². The second-order valence-electron chi connectivity index (χ2n) is 7.02. The highest BCUT2D eigenvalue weighted by atomic mass is 35.5. The van der Waals surface area contributed by atoms with Crippen LogP contribution in [0.1, 0.15) is 17.4 Å². The smallest absolute Gasteiger partial charge is 0.171 e. The van der Waals surface area contributed by atoms with Crippen LogP contribution >= 0.6 is 35.0 Å². The van der Waals surface area contributed by atoms with Crippen molar-refractivity contribution in [2.45, 2.75) is 42.4 Å². The lowest BCUT2D eigenvalue weighted by Gasteiger charge is -2.20. The van der Waals surface area contributed by atoms with Crippen LogP contribution in [0.4, 0.5) is 0 Å². The van der Waals surface area contributed by atoms with Gasteiger partial charge in [-0.15, -0.1) is 0 Å². The summed E-state index contributed by atoms with van der Waals surface area (Å²) in [4.78, 5) is 4.65. The number of aliphatic hydroxyl groups is 3. The summed E-state index contributed by atoms with van der Waals surface area (Å²) >= 11 is 13.8. The molecule has 1 aromatic heterocycles. The van der Waals surface area contributed by atoms with Gasteiger partial charge in [-0.25, -0.2) is 4.98 Å². The summed E-state index contributed by atoms with van der Waals surface area (Å²) in [7, 11) is 0. The van der Waals surface area contributed by atoms with E-state index < -0.39 is 31.1 Å². The maximum absolute atomic E-state index is 10.6. The van der Waals surface area contributed by atoms with Crippen LogP contribution in [-0.2, 0) is 10.5 Å². The number of aromatic nitrogens is 2. The molecule has 4 atom stereocenters. The molecule has 1 aliphatic rings. The minimum Gasteiger partial charge on any atom is -0.394 e. The summed E-state index contributed by atoms with van der Waals surface area (Å²) in [5.41, 5.74) is 3.53. The van der Waals surface area contributed by atoms with Gasteiger partial charge in [0.25, 0.3) is 0 Å². The number of halogens is 2. The summed E-state index contributed by atoms with van der Waals surface area (Å²) in [5.74, 6) is 0.653. The van der Waals surface area contributed by atoms with Gasteiger partial charge < -0.3 is 20.1 Å². The van der Waals surface area contributed by atoms with Gasteiger partial charge in [0.1, 0.15) is 18.3 Å². The summed E-state index contributed by atoms with van der Waals surface area (Å²) in [6.45, 7) is 1.63. The SMILES string of the molecule is Cc1ccc(CSc2nc3cc(Cl)c(Cl)cc3n2[C@@H]2O[C@H](CO)[C@@H](O)[C@H]2O)cc1. The van der Waals surface area contributed by atoms with Crippen molar-refractivity contribution >= 4 is 46.0 Å². The average Bonchev–Trinajstić information content (AvgIpc) is 3.18. The lowest BCUT2D eigenvalue weighted by molar-refractivity contribution is -0.0546. The van der Waals surface area contributed by atoms with Gasteiger partial charge in [0.15, 0.2) is 11.4 Å². The molecule has 1 fully saturated rings. The second kappa shape index (κ2) is 8.43. The maximum Gasteiger partial charge on any atom is 0.171 e. The topological polar surface area (TPSA) is 87.7 Å². The summed E-state index contributed by atoms with van der Waals surface area (Å²) in [6.07, 6.45) is -4.23. The van der Waals surface area contributed by atoms with Gasteiger partial charge in [-0.1, -0.05) is 64.8 Å². The van der Waals surface area contributed by atoms with Crippen LogP contribution in [-0.4, -0.2) is 49.8 Å². The lowest BCUT2D eigenvalue weighted by Crippen LogP contribution is -2.33. The minimum absolute atomic E-state index is 0.349. The normalized spacial score (nSPS) is 24.5. The first kappa shape index (κ1) is 20.9. The Kier molecular flexibility index (Phi) is 6.09. The molecule has 3 N–H and O–H groups in total. The Labute approximate surface area is 182 Å². The quantitative estimate of drug-likeness (QED) is 0.510. The van der Waals surface area contributed by atoms with Gasteiger partial charge in [-0.05, 0) is 24.6 Å². The monoisotopic (exact) mass is 454 g/mol. The second-order valence-corrected chi connectivity index (χ2v) is 8.78. The average molecular weight is 455 g/mol. The minimum atomic E-state index is -1.22. The van der Waals surface area contributed by atoms with Crippen molar-refractivity contribution in [1.82, 2.24) is 9.55 Å². The highest BCUT2D eigenvalue weighted by Crippen LogP contribution is 2.39. The van der Waals surface area contributed by atoms with E-state index in [9.17, 15) is 15.3 Å². The number of aryl methyl sites for hydroxylation is 1. The number of hydrogen-bond acceptors (Lipinski definition) is 6. The van der Waals surface area contributed by atoms with E-state index in [0.29, 0.717) is 32.0 Å². The zero-order valence-corrected chi connectivity index (χ0v) is 17.8. The molecule has 154 valence electrons. The standard InChI is InChI=1S/C20H20Cl2N2O4S/c1-10-2-4-11(5-3-10)9-29-20-23-14-6-12(21)13(22)7-15(14)24(20)19-18(27)17(26)16(8-25)28-19/h2-7,16-19,25-27H,8-9H2,1H3/t16-,17-,18-,19-/m1/s1. The molecule has 0 saturated carbocycles. The van der Waals surface area contributed by atoms with Crippen molar-refractivity contribution in [1.29, 1.82) is 0 Å². The first-order valence-corrected chi connectivity index (χ1v) is 10.8. The molecule has 0 bridgehead atoms. The molecule has 4 rings (SSSR count). The fraction of sp³-hybridized carbons (Fsp3) is 0.350. The Bertz CT molecular complexity index is 1030. The first-order valence-electron chi connectivity index (χ1n) is 9.07. The zero-order valence-electron chi connectivity index (χ0n) is 15.5. The summed E-state index contributed by atoms with van der Waals surface area (Å²) < 4.78 is 7.46. The number of fused-ring (bicyclic) bond motifs is 1. The number of nitrogens with zero attached hydrogens (tertiary/aromatic N) is 2. The number of rotatable bonds is 5. The van der Waals surface area contributed by atoms with Crippen molar-refractivity contribution in [3.8, 4) is 0 Å². The van der Waals surface area contributed by atoms with Crippen molar-refractivity contribution in [2.75, 3.05) is 6.61 Å². The Morgan fingerprint density at radius 2 is 1.79 bits per heavy atom. The Balaban J connectivity index is 1.74. The molecule has 0 radical (unpaired) electrons. The van der Waals surface area contributed by atoms with Crippen molar-refractivity contribution in [3.63, 3.8) is 0 Å². The van der Waals surface area contributed by atoms with Gasteiger partial charge in [-0.2, -0.15) is 0 Å². The van der Waals surface area contributed by atoms with E-state index in [1.165, 1.54) is 17.3 Å². The number of hydrogen-bond donors (Lipinski definition) is 3. The number of benzene rings is 2. The number of ether oxygens (including phenoxy) is 1. The van der Waals surface area contributed by atoms with Gasteiger partial charge in [0, 0.05) is 5.75 Å². The van der Waals surface area contributed by atoms with E-state index >= 15 is 0 Å². The molecule has 9 heteroatoms. The van der Waals surface area contributed by atoms with Crippen molar-refractivity contribution in [2.24, 2.45) is 0 Å². The third kappa shape index (κ3) is 4.01. The summed E-state index contributed by atoms with van der Waals surface area (Å²) in [5, 5.41) is 31.5. The number of imidazole rings is 1. The fourth-order valence-electron chi connectivity index (χ4n) is 3.34. The predicted octanol–water partition coefficient (Wildman–Crippen LogP) is 3.56. The van der Waals surface area contributed by atoms with Crippen LogP contribution in [0.15, 0.2) is 41.6 Å². The Hall–Kier alpha value is -1.32. The molecule has 3 aromatic rings. The van der Waals surface area contributed by atoms with E-state index in [4.69, 9.17) is 27.9 Å². The molecule has 1 saturated heterocycles. The van der Waals surface area contributed by atoms with Crippen molar-refractivity contribution < 1.29 is 20.1 Å². The third-order valence-electron chi connectivity index (χ3n) is 4.96. The molecule has 29 heavy (non-hydrogen) atoms. The van der Waals surface area contributed by atoms with Crippen LogP contribution in [0.25, 0.3) is 11.0 Å². The van der Waals surface area contributed by atoms with E-state index in [1.54, 1.807) is 16.7 Å². The fourth-order valence-corrected chi connectivity index (χ4v) is 4.65. The van der Waals surface area contributed by atoms with Crippen LogP contribution < -0.4 is 0 Å². The highest BCUT2D eigenvalue weighted by Gasteiger charge is 2.44. The predicted molar refractivity (Wildman–Crippen MR) is 114 cm³/mol. The third-order valence-corrected chi connectivity index (χ3v) is 6.71. The highest BCUT2D eigenvalue weighted by molar-refractivity contribution is 7.98. The van der Waals surface area contributed by atoms with Gasteiger partial charge in [0.05, 0.1) is 27.7 Å². The number of thioether (sulfide) groups is 1. The Morgan fingerprint density at radius 3 is 2.45 bits per heavy atom. The zero-order chi connectivity index (χ0) is 20.7. The van der Waals surface area contributed by atoms with Crippen LogP contribution in [0.5, 0.6) is 0 Å².